The van der Waals surface area contributed by atoms with E-state index in [1.807, 2.05) is 25.1 Å². The van der Waals surface area contributed by atoms with Crippen molar-refractivity contribution in [2.75, 3.05) is 7.05 Å². The lowest BCUT2D eigenvalue weighted by atomic mass is 10.2. The summed E-state index contributed by atoms with van der Waals surface area (Å²) in [6, 6.07) is 9.23. The molecule has 25 heavy (non-hydrogen) atoms. The van der Waals surface area contributed by atoms with E-state index in [9.17, 15) is 4.79 Å². The highest BCUT2D eigenvalue weighted by atomic mass is 32.2. The van der Waals surface area contributed by atoms with Crippen molar-refractivity contribution in [3.8, 4) is 11.4 Å². The minimum atomic E-state index is -0.262. The molecule has 0 saturated heterocycles. The van der Waals surface area contributed by atoms with E-state index in [0.29, 0.717) is 11.7 Å². The van der Waals surface area contributed by atoms with Crippen molar-refractivity contribution in [3.05, 3.63) is 54.8 Å². The SMILES string of the molecule is CC(Sc1ccccn1)C(=O)N(C)Cc1nc(-c2ccncc2)no1. The molecule has 0 aliphatic heterocycles. The Morgan fingerprint density at radius 3 is 2.76 bits per heavy atom. The largest absolute Gasteiger partial charge is 0.337 e. The standard InChI is InChI=1S/C17H17N5O2S/c1-12(25-15-5-3-4-8-19-15)17(23)22(2)11-14-20-16(21-24-14)13-6-9-18-10-7-13/h3-10,12H,11H2,1-2H3. The zero-order chi connectivity index (χ0) is 17.6. The zero-order valence-electron chi connectivity index (χ0n) is 13.9. The molecule has 3 aromatic rings. The molecule has 3 rings (SSSR count). The van der Waals surface area contributed by atoms with Gasteiger partial charge in [0, 0.05) is 31.2 Å². The van der Waals surface area contributed by atoms with Gasteiger partial charge in [-0.25, -0.2) is 4.98 Å². The summed E-state index contributed by atoms with van der Waals surface area (Å²) in [6.07, 6.45) is 5.04. The van der Waals surface area contributed by atoms with Crippen LogP contribution in [0.1, 0.15) is 12.8 Å². The van der Waals surface area contributed by atoms with Gasteiger partial charge in [0.05, 0.1) is 16.8 Å². The Morgan fingerprint density at radius 1 is 1.24 bits per heavy atom. The number of amides is 1. The van der Waals surface area contributed by atoms with E-state index in [4.69, 9.17) is 4.52 Å². The molecule has 0 aliphatic carbocycles. The molecule has 0 aliphatic rings. The molecular formula is C17H17N5O2S. The van der Waals surface area contributed by atoms with Crippen LogP contribution in [0.25, 0.3) is 11.4 Å². The minimum Gasteiger partial charge on any atom is -0.337 e. The van der Waals surface area contributed by atoms with E-state index in [0.717, 1.165) is 10.6 Å². The van der Waals surface area contributed by atoms with Gasteiger partial charge in [0.15, 0.2) is 0 Å². The molecule has 0 bridgehead atoms. The third-order valence-electron chi connectivity index (χ3n) is 3.44. The van der Waals surface area contributed by atoms with Crippen molar-refractivity contribution >= 4 is 17.7 Å². The maximum atomic E-state index is 12.5. The highest BCUT2D eigenvalue weighted by molar-refractivity contribution is 8.00. The smallest absolute Gasteiger partial charge is 0.246 e. The molecule has 1 unspecified atom stereocenters. The molecule has 8 heteroatoms. The fraction of sp³-hybridized carbons (Fsp3) is 0.235. The van der Waals surface area contributed by atoms with Crippen molar-refractivity contribution in [1.29, 1.82) is 0 Å². The topological polar surface area (TPSA) is 85.0 Å². The first-order valence-electron chi connectivity index (χ1n) is 7.69. The Bertz CT molecular complexity index is 825. The van der Waals surface area contributed by atoms with Crippen LogP contribution in [-0.4, -0.2) is 43.2 Å². The summed E-state index contributed by atoms with van der Waals surface area (Å²) in [7, 11) is 1.72. The van der Waals surface area contributed by atoms with Crippen LogP contribution < -0.4 is 0 Å². The van der Waals surface area contributed by atoms with E-state index in [1.54, 1.807) is 42.7 Å². The highest BCUT2D eigenvalue weighted by Crippen LogP contribution is 2.22. The van der Waals surface area contributed by atoms with E-state index >= 15 is 0 Å². The first kappa shape index (κ1) is 17.1. The lowest BCUT2D eigenvalue weighted by molar-refractivity contribution is -0.129. The summed E-state index contributed by atoms with van der Waals surface area (Å²) in [5, 5.41) is 4.50. The molecule has 1 atom stereocenters. The maximum Gasteiger partial charge on any atom is 0.246 e. The van der Waals surface area contributed by atoms with Crippen LogP contribution in [0.15, 0.2) is 58.5 Å². The fourth-order valence-corrected chi connectivity index (χ4v) is 3.10. The van der Waals surface area contributed by atoms with Gasteiger partial charge in [-0.2, -0.15) is 4.98 Å². The lowest BCUT2D eigenvalue weighted by Gasteiger charge is -2.19. The summed E-state index contributed by atoms with van der Waals surface area (Å²) in [4.78, 5) is 26.6. The summed E-state index contributed by atoms with van der Waals surface area (Å²) < 4.78 is 5.24. The number of hydrogen-bond donors (Lipinski definition) is 0. The third-order valence-corrected chi connectivity index (χ3v) is 4.48. The first-order valence-corrected chi connectivity index (χ1v) is 8.57. The Kier molecular flexibility index (Phi) is 5.39. The van der Waals surface area contributed by atoms with Crippen molar-refractivity contribution in [2.45, 2.75) is 23.7 Å². The van der Waals surface area contributed by atoms with Crippen molar-refractivity contribution < 1.29 is 9.32 Å². The van der Waals surface area contributed by atoms with Gasteiger partial charge in [0.1, 0.15) is 0 Å². The summed E-state index contributed by atoms with van der Waals surface area (Å²) >= 11 is 1.42. The second kappa shape index (κ2) is 7.89. The van der Waals surface area contributed by atoms with Crippen LogP contribution in [0.5, 0.6) is 0 Å². The predicted molar refractivity (Wildman–Crippen MR) is 93.6 cm³/mol. The Hall–Kier alpha value is -2.74. The Labute approximate surface area is 149 Å². The summed E-state index contributed by atoms with van der Waals surface area (Å²) in [6.45, 7) is 2.11. The quantitative estimate of drug-likeness (QED) is 0.628. The number of aromatic nitrogens is 4. The lowest BCUT2D eigenvalue weighted by Crippen LogP contribution is -2.32. The van der Waals surface area contributed by atoms with Crippen LogP contribution in [0.2, 0.25) is 0 Å². The molecule has 7 nitrogen and oxygen atoms in total. The molecule has 3 aromatic heterocycles. The highest BCUT2D eigenvalue weighted by Gasteiger charge is 2.21. The zero-order valence-corrected chi connectivity index (χ0v) is 14.7. The number of hydrogen-bond acceptors (Lipinski definition) is 7. The maximum absolute atomic E-state index is 12.5. The van der Waals surface area contributed by atoms with Crippen LogP contribution in [0.3, 0.4) is 0 Å². The summed E-state index contributed by atoms with van der Waals surface area (Å²) in [5.74, 6) is 0.839. The Morgan fingerprint density at radius 2 is 2.04 bits per heavy atom. The fourth-order valence-electron chi connectivity index (χ4n) is 2.18. The summed E-state index contributed by atoms with van der Waals surface area (Å²) in [5.41, 5.74) is 0.818. The van der Waals surface area contributed by atoms with Crippen molar-refractivity contribution in [3.63, 3.8) is 0 Å². The van der Waals surface area contributed by atoms with Crippen LogP contribution in [0, 0.1) is 0 Å². The normalized spacial score (nSPS) is 11.9. The van der Waals surface area contributed by atoms with Crippen molar-refractivity contribution in [2.24, 2.45) is 0 Å². The number of carbonyl (C=O) groups is 1. The first-order chi connectivity index (χ1) is 12.1. The van der Waals surface area contributed by atoms with Gasteiger partial charge in [-0.15, -0.1) is 0 Å². The molecule has 0 spiro atoms. The van der Waals surface area contributed by atoms with Crippen LogP contribution in [-0.2, 0) is 11.3 Å². The minimum absolute atomic E-state index is 0.0284. The molecule has 0 radical (unpaired) electrons. The molecule has 128 valence electrons. The van der Waals surface area contributed by atoms with Crippen LogP contribution in [0.4, 0.5) is 0 Å². The average Bonchev–Trinajstić information content (AvgIpc) is 3.11. The van der Waals surface area contributed by atoms with E-state index in [2.05, 4.69) is 20.1 Å². The van der Waals surface area contributed by atoms with Gasteiger partial charge in [0.2, 0.25) is 17.6 Å². The molecule has 0 N–H and O–H groups in total. The van der Waals surface area contributed by atoms with Crippen LogP contribution >= 0.6 is 11.8 Å². The van der Waals surface area contributed by atoms with E-state index in [-0.39, 0.29) is 17.7 Å². The third kappa shape index (κ3) is 4.42. The number of carbonyl (C=O) groups excluding carboxylic acids is 1. The monoisotopic (exact) mass is 355 g/mol. The van der Waals surface area contributed by atoms with E-state index in [1.165, 1.54) is 11.8 Å². The molecule has 0 fully saturated rings. The average molecular weight is 355 g/mol. The molecule has 3 heterocycles. The van der Waals surface area contributed by atoms with E-state index < -0.39 is 0 Å². The van der Waals surface area contributed by atoms with Crippen molar-refractivity contribution in [1.82, 2.24) is 25.0 Å². The molecule has 1 amide bonds. The number of pyridine rings is 2. The van der Waals surface area contributed by atoms with Gasteiger partial charge in [-0.05, 0) is 31.2 Å². The van der Waals surface area contributed by atoms with Gasteiger partial charge >= 0.3 is 0 Å². The van der Waals surface area contributed by atoms with Gasteiger partial charge in [0.25, 0.3) is 0 Å². The van der Waals surface area contributed by atoms with Gasteiger partial charge < -0.3 is 9.42 Å². The molecule has 0 aromatic carbocycles. The Balaban J connectivity index is 1.61. The number of thioether (sulfide) groups is 1. The molecule has 0 saturated carbocycles. The second-order valence-electron chi connectivity index (χ2n) is 5.37. The van der Waals surface area contributed by atoms with Gasteiger partial charge in [-0.3, -0.25) is 9.78 Å². The number of nitrogens with zero attached hydrogens (tertiary/aromatic N) is 5. The second-order valence-corrected chi connectivity index (χ2v) is 6.73. The number of rotatable bonds is 6. The van der Waals surface area contributed by atoms with Gasteiger partial charge in [-0.1, -0.05) is 23.0 Å². The predicted octanol–water partition coefficient (Wildman–Crippen LogP) is 2.67. The molecular weight excluding hydrogens is 338 g/mol.